The quantitative estimate of drug-likeness (QED) is 0.561. The molecule has 0 bridgehead atoms. The highest BCUT2D eigenvalue weighted by Crippen LogP contribution is 2.34. The van der Waals surface area contributed by atoms with Crippen LogP contribution in [0.15, 0.2) is 47.4 Å². The van der Waals surface area contributed by atoms with Gasteiger partial charge in [-0.25, -0.2) is 12.8 Å². The van der Waals surface area contributed by atoms with Gasteiger partial charge in [-0.1, -0.05) is 44.7 Å². The monoisotopic (exact) mass is 516 g/mol. The summed E-state index contributed by atoms with van der Waals surface area (Å²) in [4.78, 5) is 2.11. The number of fused-ring (bicyclic) bond motifs is 1. The van der Waals surface area contributed by atoms with Crippen molar-refractivity contribution in [1.29, 1.82) is 0 Å². The second kappa shape index (κ2) is 12.2. The van der Waals surface area contributed by atoms with Crippen LogP contribution in [0.1, 0.15) is 45.2 Å². The van der Waals surface area contributed by atoms with Crippen LogP contribution in [0.4, 0.5) is 4.39 Å². The molecule has 6 nitrogen and oxygen atoms in total. The van der Waals surface area contributed by atoms with Crippen LogP contribution < -0.4 is 4.74 Å². The Balaban J connectivity index is 1.96. The molecule has 1 N–H and O–H groups in total. The van der Waals surface area contributed by atoms with Crippen LogP contribution in [-0.4, -0.2) is 61.6 Å². The van der Waals surface area contributed by atoms with Crippen LogP contribution in [0.5, 0.6) is 5.75 Å². The summed E-state index contributed by atoms with van der Waals surface area (Å²) in [6, 6.07) is 10.8. The standard InChI is InChI=1S/C28H37FN2O4S/c1-20(2)8-6-9-23-12-13-28-26(15-23)35-27(18-30(5)17-24-10-7-11-25(29)14-24)21(3)16-31(22(4)19-32)36(28,33)34/h7,10-15,20-22,27,32H,8,16-19H2,1-5H3/t21-,22-,27-/m0/s1. The fourth-order valence-electron chi connectivity index (χ4n) is 4.20. The fourth-order valence-corrected chi connectivity index (χ4v) is 6.02. The van der Waals surface area contributed by atoms with Gasteiger partial charge in [-0.15, -0.1) is 0 Å². The lowest BCUT2D eigenvalue weighted by molar-refractivity contribution is 0.0733. The molecule has 0 aromatic heterocycles. The van der Waals surface area contributed by atoms with Crippen LogP contribution in [0.2, 0.25) is 0 Å². The normalized spacial score (nSPS) is 20.6. The Labute approximate surface area is 215 Å². The molecule has 196 valence electrons. The molecule has 0 spiro atoms. The Kier molecular flexibility index (Phi) is 9.53. The number of aliphatic hydroxyl groups is 1. The number of sulfonamides is 1. The molecule has 2 aromatic rings. The maximum absolute atomic E-state index is 13.7. The van der Waals surface area contributed by atoms with Crippen LogP contribution in [-0.2, 0) is 16.6 Å². The van der Waals surface area contributed by atoms with Crippen molar-refractivity contribution >= 4 is 10.0 Å². The second-order valence-corrected chi connectivity index (χ2v) is 12.0. The maximum Gasteiger partial charge on any atom is 0.247 e. The minimum absolute atomic E-state index is 0.0712. The Morgan fingerprint density at radius 1 is 1.22 bits per heavy atom. The number of nitrogens with zero attached hydrogens (tertiary/aromatic N) is 2. The Morgan fingerprint density at radius 3 is 2.64 bits per heavy atom. The third-order valence-corrected chi connectivity index (χ3v) is 8.26. The van der Waals surface area contributed by atoms with Gasteiger partial charge in [0.05, 0.1) is 6.61 Å². The van der Waals surface area contributed by atoms with Gasteiger partial charge in [-0.2, -0.15) is 4.31 Å². The first-order valence-electron chi connectivity index (χ1n) is 12.4. The van der Waals surface area contributed by atoms with E-state index in [4.69, 9.17) is 4.74 Å². The van der Waals surface area contributed by atoms with Gasteiger partial charge in [0.25, 0.3) is 0 Å². The van der Waals surface area contributed by atoms with Crippen LogP contribution in [0.3, 0.4) is 0 Å². The first-order chi connectivity index (χ1) is 17.0. The zero-order valence-corrected chi connectivity index (χ0v) is 22.6. The van der Waals surface area contributed by atoms with Gasteiger partial charge in [0.1, 0.15) is 22.6 Å². The number of rotatable bonds is 7. The molecule has 0 aliphatic carbocycles. The lowest BCUT2D eigenvalue weighted by atomic mass is 10.0. The fraction of sp³-hybridized carbons (Fsp3) is 0.500. The lowest BCUT2D eigenvalue weighted by Crippen LogP contribution is -2.49. The summed E-state index contributed by atoms with van der Waals surface area (Å²) in [6.45, 7) is 8.77. The highest BCUT2D eigenvalue weighted by atomic mass is 32.2. The summed E-state index contributed by atoms with van der Waals surface area (Å²) in [5, 5.41) is 9.80. The van der Waals surface area contributed by atoms with Crippen LogP contribution in [0.25, 0.3) is 0 Å². The van der Waals surface area contributed by atoms with Crippen LogP contribution in [0, 0.1) is 29.5 Å². The van der Waals surface area contributed by atoms with E-state index >= 15 is 0 Å². The second-order valence-electron chi connectivity index (χ2n) is 10.1. The zero-order chi connectivity index (χ0) is 26.5. The number of hydrogen-bond acceptors (Lipinski definition) is 5. The molecule has 1 heterocycles. The minimum atomic E-state index is -3.90. The molecule has 36 heavy (non-hydrogen) atoms. The maximum atomic E-state index is 13.7. The van der Waals surface area contributed by atoms with Gasteiger partial charge < -0.3 is 9.84 Å². The van der Waals surface area contributed by atoms with Crippen molar-refractivity contribution in [2.45, 2.75) is 57.7 Å². The van der Waals surface area contributed by atoms with Crippen molar-refractivity contribution < 1.29 is 22.7 Å². The molecule has 3 atom stereocenters. The van der Waals surface area contributed by atoms with E-state index in [0.29, 0.717) is 24.6 Å². The minimum Gasteiger partial charge on any atom is -0.487 e. The van der Waals surface area contributed by atoms with Gasteiger partial charge in [-0.05, 0) is 55.8 Å². The van der Waals surface area contributed by atoms with E-state index in [1.807, 2.05) is 24.9 Å². The molecular weight excluding hydrogens is 479 g/mol. The number of ether oxygens (including phenoxy) is 1. The Morgan fingerprint density at radius 2 is 1.97 bits per heavy atom. The zero-order valence-electron chi connectivity index (χ0n) is 21.7. The third kappa shape index (κ3) is 7.07. The third-order valence-electron chi connectivity index (χ3n) is 6.24. The molecule has 1 aliphatic heterocycles. The highest BCUT2D eigenvalue weighted by molar-refractivity contribution is 7.89. The van der Waals surface area contributed by atoms with E-state index in [2.05, 4.69) is 25.7 Å². The Hall–Kier alpha value is -2.44. The van der Waals surface area contributed by atoms with E-state index < -0.39 is 16.1 Å². The molecule has 2 aromatic carbocycles. The number of aliphatic hydroxyl groups excluding tert-OH is 1. The number of benzene rings is 2. The topological polar surface area (TPSA) is 70.1 Å². The van der Waals surface area contributed by atoms with Gasteiger partial charge in [0, 0.05) is 43.6 Å². The molecule has 0 saturated carbocycles. The molecule has 0 amide bonds. The molecule has 0 saturated heterocycles. The summed E-state index contributed by atoms with van der Waals surface area (Å²) in [5.74, 6) is 6.50. The molecule has 0 unspecified atom stereocenters. The van der Waals surface area contributed by atoms with E-state index in [9.17, 15) is 17.9 Å². The molecule has 3 rings (SSSR count). The summed E-state index contributed by atoms with van der Waals surface area (Å²) >= 11 is 0. The number of hydrogen-bond donors (Lipinski definition) is 1. The molecular formula is C28H37FN2O4S. The van der Waals surface area contributed by atoms with Crippen molar-refractivity contribution in [1.82, 2.24) is 9.21 Å². The van der Waals surface area contributed by atoms with Crippen molar-refractivity contribution in [2.24, 2.45) is 11.8 Å². The van der Waals surface area contributed by atoms with Gasteiger partial charge in [-0.3, -0.25) is 4.90 Å². The summed E-state index contributed by atoms with van der Waals surface area (Å²) in [5.41, 5.74) is 1.53. The highest BCUT2D eigenvalue weighted by Gasteiger charge is 2.38. The summed E-state index contributed by atoms with van der Waals surface area (Å²) in [7, 11) is -1.97. The lowest BCUT2D eigenvalue weighted by Gasteiger charge is -2.37. The summed E-state index contributed by atoms with van der Waals surface area (Å²) < 4.78 is 48.6. The van der Waals surface area contributed by atoms with Gasteiger partial charge in [0.15, 0.2) is 0 Å². The van der Waals surface area contributed by atoms with Crippen LogP contribution >= 0.6 is 0 Å². The van der Waals surface area contributed by atoms with Crippen molar-refractivity contribution in [3.8, 4) is 17.6 Å². The molecule has 1 aliphatic rings. The number of halogens is 1. The largest absolute Gasteiger partial charge is 0.487 e. The average molecular weight is 517 g/mol. The Bertz CT molecular complexity index is 1210. The molecule has 0 radical (unpaired) electrons. The van der Waals surface area contributed by atoms with E-state index in [1.54, 1.807) is 31.2 Å². The van der Waals surface area contributed by atoms with Crippen molar-refractivity contribution in [3.63, 3.8) is 0 Å². The number of likely N-dealkylation sites (N-methyl/N-ethyl adjacent to an activating group) is 1. The van der Waals surface area contributed by atoms with Crippen molar-refractivity contribution in [2.75, 3.05) is 26.7 Å². The van der Waals surface area contributed by atoms with Gasteiger partial charge >= 0.3 is 0 Å². The SMILES string of the molecule is CC(C)CC#Cc1ccc2c(c1)O[C@@H](CN(C)Cc1cccc(F)c1)[C@@H](C)CN([C@@H](C)CO)S2(=O)=O. The predicted molar refractivity (Wildman–Crippen MR) is 140 cm³/mol. The molecule has 8 heteroatoms. The average Bonchev–Trinajstić information content (AvgIpc) is 2.80. The molecule has 0 fully saturated rings. The van der Waals surface area contributed by atoms with E-state index in [-0.39, 0.29) is 41.6 Å². The predicted octanol–water partition coefficient (Wildman–Crippen LogP) is 4.12. The first kappa shape index (κ1) is 28.1. The van der Waals surface area contributed by atoms with E-state index in [0.717, 1.165) is 12.0 Å². The first-order valence-corrected chi connectivity index (χ1v) is 13.8. The van der Waals surface area contributed by atoms with Crippen molar-refractivity contribution in [3.05, 3.63) is 59.4 Å². The van der Waals surface area contributed by atoms with E-state index in [1.165, 1.54) is 16.4 Å². The van der Waals surface area contributed by atoms with Gasteiger partial charge in [0.2, 0.25) is 10.0 Å². The summed E-state index contributed by atoms with van der Waals surface area (Å²) in [6.07, 6.45) is 0.396. The smallest absolute Gasteiger partial charge is 0.247 e.